The molecule has 0 saturated heterocycles. The molecule has 6 heteroatoms. The molecule has 0 radical (unpaired) electrons. The first-order valence-electron chi connectivity index (χ1n) is 3.93. The highest BCUT2D eigenvalue weighted by Crippen LogP contribution is 2.32. The fourth-order valence-electron chi connectivity index (χ4n) is 0.951. The SMILES string of the molecule is Nc1cc(OCCO)c(N)cc1OO. The second kappa shape index (κ2) is 4.54. The normalized spacial score (nSPS) is 9.86. The van der Waals surface area contributed by atoms with Crippen LogP contribution in [0.3, 0.4) is 0 Å². The first-order chi connectivity index (χ1) is 6.69. The molecule has 0 unspecified atom stereocenters. The van der Waals surface area contributed by atoms with Crippen molar-refractivity contribution in [2.75, 3.05) is 24.7 Å². The standard InChI is InChI=1S/C8H12N2O4/c9-5-4-8(14-12)6(10)3-7(5)13-2-1-11/h3-4,11-12H,1-2,9-10H2. The van der Waals surface area contributed by atoms with Gasteiger partial charge in [-0.2, -0.15) is 0 Å². The summed E-state index contributed by atoms with van der Waals surface area (Å²) in [6.45, 7) is 0.0144. The third-order valence-electron chi connectivity index (χ3n) is 1.59. The van der Waals surface area contributed by atoms with Crippen LogP contribution in [0, 0.1) is 0 Å². The number of aliphatic hydroxyl groups is 1. The lowest BCUT2D eigenvalue weighted by molar-refractivity contribution is -0.136. The third kappa shape index (κ3) is 2.18. The Kier molecular flexibility index (Phi) is 3.38. The van der Waals surface area contributed by atoms with E-state index in [1.54, 1.807) is 0 Å². The molecule has 0 bridgehead atoms. The van der Waals surface area contributed by atoms with E-state index in [-0.39, 0.29) is 30.3 Å². The number of aliphatic hydroxyl groups excluding tert-OH is 1. The minimum Gasteiger partial charge on any atom is -0.489 e. The zero-order valence-electron chi connectivity index (χ0n) is 7.43. The maximum atomic E-state index is 8.53. The molecule has 78 valence electrons. The topological polar surface area (TPSA) is 111 Å². The van der Waals surface area contributed by atoms with Gasteiger partial charge in [-0.3, -0.25) is 0 Å². The van der Waals surface area contributed by atoms with Crippen LogP contribution in [-0.2, 0) is 0 Å². The highest BCUT2D eigenvalue weighted by atomic mass is 17.1. The Labute approximate surface area is 80.6 Å². The van der Waals surface area contributed by atoms with E-state index in [0.29, 0.717) is 5.75 Å². The van der Waals surface area contributed by atoms with E-state index in [2.05, 4.69) is 4.89 Å². The summed E-state index contributed by atoms with van der Waals surface area (Å²) in [6, 6.07) is 2.75. The highest BCUT2D eigenvalue weighted by Gasteiger charge is 2.07. The zero-order valence-corrected chi connectivity index (χ0v) is 7.43. The molecule has 0 fully saturated rings. The predicted octanol–water partition coefficient (Wildman–Crippen LogP) is 0.0739. The molecule has 0 aliphatic heterocycles. The molecule has 1 aromatic rings. The lowest BCUT2D eigenvalue weighted by atomic mass is 10.2. The van der Waals surface area contributed by atoms with Crippen LogP contribution < -0.4 is 21.1 Å². The van der Waals surface area contributed by atoms with Gasteiger partial charge in [0.05, 0.1) is 18.0 Å². The van der Waals surface area contributed by atoms with E-state index < -0.39 is 0 Å². The average Bonchev–Trinajstić information content (AvgIpc) is 2.18. The van der Waals surface area contributed by atoms with Crippen LogP contribution in [0.5, 0.6) is 11.5 Å². The molecule has 1 rings (SSSR count). The van der Waals surface area contributed by atoms with Gasteiger partial charge in [-0.25, -0.2) is 5.26 Å². The number of benzene rings is 1. The van der Waals surface area contributed by atoms with Gasteiger partial charge in [-0.1, -0.05) is 0 Å². The van der Waals surface area contributed by atoms with Crippen molar-refractivity contribution < 1.29 is 20.0 Å². The lowest BCUT2D eigenvalue weighted by Crippen LogP contribution is -2.05. The molecular formula is C8H12N2O4. The van der Waals surface area contributed by atoms with E-state index in [0.717, 1.165) is 0 Å². The minimum atomic E-state index is -0.113. The summed E-state index contributed by atoms with van der Waals surface area (Å²) < 4.78 is 5.07. The Morgan fingerprint density at radius 2 is 1.71 bits per heavy atom. The molecule has 0 aliphatic carbocycles. The summed E-state index contributed by atoms with van der Waals surface area (Å²) in [7, 11) is 0. The first kappa shape index (κ1) is 10.4. The van der Waals surface area contributed by atoms with Crippen LogP contribution >= 0.6 is 0 Å². The summed E-state index contributed by atoms with van der Waals surface area (Å²) in [6.07, 6.45) is 0. The highest BCUT2D eigenvalue weighted by molar-refractivity contribution is 5.67. The molecule has 0 atom stereocenters. The van der Waals surface area contributed by atoms with Crippen molar-refractivity contribution in [2.45, 2.75) is 0 Å². The van der Waals surface area contributed by atoms with Gasteiger partial charge in [0.25, 0.3) is 0 Å². The third-order valence-corrected chi connectivity index (χ3v) is 1.59. The molecule has 1 aromatic carbocycles. The Morgan fingerprint density at radius 3 is 2.29 bits per heavy atom. The van der Waals surface area contributed by atoms with E-state index in [1.165, 1.54) is 12.1 Å². The van der Waals surface area contributed by atoms with Crippen molar-refractivity contribution in [1.29, 1.82) is 0 Å². The Balaban J connectivity index is 2.90. The van der Waals surface area contributed by atoms with Gasteiger partial charge >= 0.3 is 0 Å². The molecule has 0 saturated carbocycles. The number of ether oxygens (including phenoxy) is 1. The van der Waals surface area contributed by atoms with Crippen LogP contribution in [0.4, 0.5) is 11.4 Å². The van der Waals surface area contributed by atoms with Gasteiger partial charge in [-0.05, 0) is 0 Å². The molecular weight excluding hydrogens is 188 g/mol. The molecule has 14 heavy (non-hydrogen) atoms. The molecule has 0 aliphatic rings. The van der Waals surface area contributed by atoms with E-state index in [4.69, 9.17) is 26.6 Å². The van der Waals surface area contributed by atoms with Gasteiger partial charge in [0.15, 0.2) is 5.75 Å². The smallest absolute Gasteiger partial charge is 0.190 e. The molecule has 6 nitrogen and oxygen atoms in total. The van der Waals surface area contributed by atoms with Crippen LogP contribution in [0.25, 0.3) is 0 Å². The van der Waals surface area contributed by atoms with E-state index in [1.807, 2.05) is 0 Å². The predicted molar refractivity (Wildman–Crippen MR) is 51.1 cm³/mol. The summed E-state index contributed by atoms with van der Waals surface area (Å²) in [5.74, 6) is 0.413. The summed E-state index contributed by atoms with van der Waals surface area (Å²) in [5, 5.41) is 16.9. The van der Waals surface area contributed by atoms with Crippen molar-refractivity contribution in [1.82, 2.24) is 0 Å². The monoisotopic (exact) mass is 200 g/mol. The van der Waals surface area contributed by atoms with E-state index in [9.17, 15) is 0 Å². The van der Waals surface area contributed by atoms with Crippen LogP contribution in [0.15, 0.2) is 12.1 Å². The van der Waals surface area contributed by atoms with Gasteiger partial charge in [0.2, 0.25) is 0 Å². The number of anilines is 2. The van der Waals surface area contributed by atoms with Gasteiger partial charge < -0.3 is 26.2 Å². The molecule has 0 aromatic heterocycles. The second-order valence-electron chi connectivity index (χ2n) is 2.59. The maximum absolute atomic E-state index is 8.53. The number of hydrogen-bond acceptors (Lipinski definition) is 6. The van der Waals surface area contributed by atoms with Crippen LogP contribution in [0.1, 0.15) is 0 Å². The summed E-state index contributed by atoms with van der Waals surface area (Å²) in [4.78, 5) is 3.98. The Hall–Kier alpha value is -1.66. The lowest BCUT2D eigenvalue weighted by Gasteiger charge is -2.10. The van der Waals surface area contributed by atoms with Crippen molar-refractivity contribution in [3.63, 3.8) is 0 Å². The molecule has 0 heterocycles. The van der Waals surface area contributed by atoms with Gasteiger partial charge in [0, 0.05) is 12.1 Å². The fourth-order valence-corrected chi connectivity index (χ4v) is 0.951. The van der Waals surface area contributed by atoms with Crippen molar-refractivity contribution in [3.05, 3.63) is 12.1 Å². The number of rotatable bonds is 4. The molecule has 0 amide bonds. The number of nitrogen functional groups attached to an aromatic ring is 2. The zero-order chi connectivity index (χ0) is 10.6. The number of hydrogen-bond donors (Lipinski definition) is 4. The van der Waals surface area contributed by atoms with Crippen molar-refractivity contribution in [3.8, 4) is 11.5 Å². The van der Waals surface area contributed by atoms with Crippen molar-refractivity contribution in [2.24, 2.45) is 0 Å². The molecule has 0 spiro atoms. The quantitative estimate of drug-likeness (QED) is 0.311. The summed E-state index contributed by atoms with van der Waals surface area (Å²) in [5.41, 5.74) is 11.5. The average molecular weight is 200 g/mol. The Bertz CT molecular complexity index is 316. The molecule has 6 N–H and O–H groups in total. The van der Waals surface area contributed by atoms with Gasteiger partial charge in [0.1, 0.15) is 12.4 Å². The number of nitrogens with two attached hydrogens (primary N) is 2. The van der Waals surface area contributed by atoms with Gasteiger partial charge in [-0.15, -0.1) is 0 Å². The van der Waals surface area contributed by atoms with Crippen LogP contribution in [0.2, 0.25) is 0 Å². The Morgan fingerprint density at radius 1 is 1.14 bits per heavy atom. The first-order valence-corrected chi connectivity index (χ1v) is 3.93. The maximum Gasteiger partial charge on any atom is 0.190 e. The summed E-state index contributed by atoms with van der Waals surface area (Å²) >= 11 is 0. The largest absolute Gasteiger partial charge is 0.489 e. The minimum absolute atomic E-state index is 0.0684. The second-order valence-corrected chi connectivity index (χ2v) is 2.59. The van der Waals surface area contributed by atoms with Crippen molar-refractivity contribution >= 4 is 11.4 Å². The van der Waals surface area contributed by atoms with E-state index >= 15 is 0 Å². The van der Waals surface area contributed by atoms with Crippen LogP contribution in [-0.4, -0.2) is 23.6 Å². The fraction of sp³-hybridized carbons (Fsp3) is 0.250.